The molecule has 0 amide bonds. The number of benzene rings is 2. The van der Waals surface area contributed by atoms with Crippen LogP contribution < -0.4 is 5.32 Å². The van der Waals surface area contributed by atoms with Gasteiger partial charge in [0.25, 0.3) is 0 Å². The molecule has 0 saturated carbocycles. The number of nitrogens with zero attached hydrogens (tertiary/aromatic N) is 1. The van der Waals surface area contributed by atoms with Gasteiger partial charge >= 0.3 is 0 Å². The van der Waals surface area contributed by atoms with Crippen LogP contribution in [0.3, 0.4) is 0 Å². The molecule has 2 rings (SSSR count). The Morgan fingerprint density at radius 3 is 2.00 bits per heavy atom. The summed E-state index contributed by atoms with van der Waals surface area (Å²) in [7, 11) is 0. The van der Waals surface area contributed by atoms with Crippen molar-refractivity contribution in [1.29, 1.82) is 0 Å². The predicted molar refractivity (Wildman–Crippen MR) is 100 cm³/mol. The molecule has 0 aliphatic carbocycles. The lowest BCUT2D eigenvalue weighted by molar-refractivity contribution is 1.54. The first kappa shape index (κ1) is 18.3. The molecule has 0 bridgehead atoms. The van der Waals surface area contributed by atoms with Gasteiger partial charge in [0.2, 0.25) is 0 Å². The maximum absolute atomic E-state index is 5.81. The van der Waals surface area contributed by atoms with E-state index in [-0.39, 0.29) is 12.4 Å². The van der Waals surface area contributed by atoms with E-state index in [2.05, 4.69) is 10.3 Å². The van der Waals surface area contributed by atoms with Crippen LogP contribution in [-0.4, -0.2) is 6.21 Å². The van der Waals surface area contributed by atoms with E-state index in [0.717, 1.165) is 16.4 Å². The minimum Gasteiger partial charge on any atom is -0.362 e. The maximum Gasteiger partial charge on any atom is 0.0630 e. The van der Waals surface area contributed by atoms with Crippen LogP contribution in [0, 0.1) is 0 Å². The summed E-state index contributed by atoms with van der Waals surface area (Å²) in [5, 5.41) is 4.57. The first-order valence-corrected chi connectivity index (χ1v) is 7.13. The number of hydrogen-bond acceptors (Lipinski definition) is 2. The van der Waals surface area contributed by atoms with Gasteiger partial charge in [-0.15, -0.1) is 12.4 Å². The van der Waals surface area contributed by atoms with Crippen LogP contribution in [0.4, 0.5) is 11.4 Å². The topological polar surface area (TPSA) is 24.4 Å². The summed E-state index contributed by atoms with van der Waals surface area (Å²) >= 11 is 11.6. The minimum atomic E-state index is 0. The number of nitrogens with one attached hydrogen (secondary N) is 1. The molecule has 0 saturated heterocycles. The molecule has 0 aliphatic heterocycles. The third-order valence-electron chi connectivity index (χ3n) is 2.55. The van der Waals surface area contributed by atoms with Crippen molar-refractivity contribution in [2.24, 2.45) is 4.99 Å². The molecule has 2 aromatic rings. The van der Waals surface area contributed by atoms with Gasteiger partial charge in [-0.05, 0) is 60.7 Å². The quantitative estimate of drug-likeness (QED) is 0.495. The zero-order valence-corrected chi connectivity index (χ0v) is 13.9. The van der Waals surface area contributed by atoms with Crippen molar-refractivity contribution in [2.75, 3.05) is 5.32 Å². The van der Waals surface area contributed by atoms with E-state index in [1.54, 1.807) is 6.21 Å². The van der Waals surface area contributed by atoms with Gasteiger partial charge < -0.3 is 5.32 Å². The van der Waals surface area contributed by atoms with Crippen LogP contribution in [0.15, 0.2) is 78.0 Å². The summed E-state index contributed by atoms with van der Waals surface area (Å²) in [6, 6.07) is 14.9. The lowest BCUT2D eigenvalue weighted by atomic mass is 10.3. The van der Waals surface area contributed by atoms with Crippen LogP contribution >= 0.6 is 35.6 Å². The number of allylic oxidation sites excluding steroid dienone is 3. The molecular weight excluding hydrogens is 339 g/mol. The first-order valence-electron chi connectivity index (χ1n) is 6.37. The van der Waals surface area contributed by atoms with Crippen molar-refractivity contribution in [3.63, 3.8) is 0 Å². The van der Waals surface area contributed by atoms with Crippen LogP contribution in [-0.2, 0) is 0 Å². The highest BCUT2D eigenvalue weighted by Gasteiger charge is 1.88. The zero-order chi connectivity index (χ0) is 14.9. The molecule has 0 fully saturated rings. The van der Waals surface area contributed by atoms with E-state index in [1.165, 1.54) is 0 Å². The molecule has 2 aromatic carbocycles. The Morgan fingerprint density at radius 1 is 0.773 bits per heavy atom. The SMILES string of the molecule is Cl.Clc1ccc(N=C/C=C/C=C/Nc2ccc(Cl)cc2)cc1. The molecule has 0 radical (unpaired) electrons. The third kappa shape index (κ3) is 6.81. The average molecular weight is 354 g/mol. The molecule has 1 N–H and O–H groups in total. The number of hydrogen-bond donors (Lipinski definition) is 1. The Morgan fingerprint density at radius 2 is 1.36 bits per heavy atom. The first-order chi connectivity index (χ1) is 10.2. The smallest absolute Gasteiger partial charge is 0.0630 e. The lowest BCUT2D eigenvalue weighted by Crippen LogP contribution is -1.85. The Hall–Kier alpha value is -1.74. The van der Waals surface area contributed by atoms with Crippen LogP contribution in [0.2, 0.25) is 10.0 Å². The van der Waals surface area contributed by atoms with Gasteiger partial charge in [-0.25, -0.2) is 0 Å². The number of rotatable bonds is 5. The molecule has 0 atom stereocenters. The highest BCUT2D eigenvalue weighted by Crippen LogP contribution is 2.15. The van der Waals surface area contributed by atoms with Gasteiger partial charge in [0.05, 0.1) is 5.69 Å². The Balaban J connectivity index is 0.00000242. The summed E-state index contributed by atoms with van der Waals surface area (Å²) in [6.45, 7) is 0. The van der Waals surface area contributed by atoms with E-state index in [0.29, 0.717) is 5.02 Å². The Bertz CT molecular complexity index is 645. The minimum absolute atomic E-state index is 0. The highest BCUT2D eigenvalue weighted by molar-refractivity contribution is 6.30. The van der Waals surface area contributed by atoms with Crippen molar-refractivity contribution in [3.05, 3.63) is 83.0 Å². The van der Waals surface area contributed by atoms with Crippen LogP contribution in [0.25, 0.3) is 0 Å². The van der Waals surface area contributed by atoms with Crippen LogP contribution in [0.1, 0.15) is 0 Å². The molecule has 2 nitrogen and oxygen atoms in total. The second-order valence-electron chi connectivity index (χ2n) is 4.15. The lowest BCUT2D eigenvalue weighted by Gasteiger charge is -1.98. The molecule has 114 valence electrons. The zero-order valence-electron chi connectivity index (χ0n) is 11.6. The van der Waals surface area contributed by atoms with E-state index in [9.17, 15) is 0 Å². The molecular formula is C17H15Cl3N2. The van der Waals surface area contributed by atoms with Gasteiger partial charge in [-0.1, -0.05) is 29.3 Å². The van der Waals surface area contributed by atoms with E-state index in [4.69, 9.17) is 23.2 Å². The summed E-state index contributed by atoms with van der Waals surface area (Å²) in [5.41, 5.74) is 1.85. The van der Waals surface area contributed by atoms with E-state index >= 15 is 0 Å². The molecule has 5 heteroatoms. The summed E-state index contributed by atoms with van der Waals surface area (Å²) in [4.78, 5) is 4.27. The second kappa shape index (κ2) is 10.1. The van der Waals surface area contributed by atoms with Crippen molar-refractivity contribution < 1.29 is 0 Å². The second-order valence-corrected chi connectivity index (χ2v) is 5.02. The largest absolute Gasteiger partial charge is 0.362 e. The van der Waals surface area contributed by atoms with E-state index in [1.807, 2.05) is 73.0 Å². The molecule has 0 aromatic heterocycles. The van der Waals surface area contributed by atoms with Gasteiger partial charge in [-0.3, -0.25) is 4.99 Å². The van der Waals surface area contributed by atoms with Crippen molar-refractivity contribution in [2.45, 2.75) is 0 Å². The Labute approximate surface area is 146 Å². The van der Waals surface area contributed by atoms with Gasteiger partial charge in [0, 0.05) is 28.1 Å². The fourth-order valence-electron chi connectivity index (χ4n) is 1.52. The van der Waals surface area contributed by atoms with Gasteiger partial charge in [-0.2, -0.15) is 0 Å². The van der Waals surface area contributed by atoms with Gasteiger partial charge in [0.15, 0.2) is 0 Å². The van der Waals surface area contributed by atoms with Crippen LogP contribution in [0.5, 0.6) is 0 Å². The Kier molecular flexibility index (Phi) is 8.38. The van der Waals surface area contributed by atoms with Crippen molar-refractivity contribution in [1.82, 2.24) is 0 Å². The molecule has 0 unspecified atom stereocenters. The van der Waals surface area contributed by atoms with Crippen molar-refractivity contribution >= 4 is 53.2 Å². The monoisotopic (exact) mass is 352 g/mol. The highest BCUT2D eigenvalue weighted by atomic mass is 35.5. The predicted octanol–water partition coefficient (Wildman–Crippen LogP) is 6.30. The normalized spacial score (nSPS) is 11.2. The fraction of sp³-hybridized carbons (Fsp3) is 0. The molecule has 0 heterocycles. The third-order valence-corrected chi connectivity index (χ3v) is 3.05. The molecule has 22 heavy (non-hydrogen) atoms. The standard InChI is InChI=1S/C17H14Cl2N2.ClH/c18-14-4-8-16(9-5-14)20-12-2-1-3-13-21-17-10-6-15(19)7-11-17;/h1-13,20H;1H/b3-1+,12-2+,21-13?;. The molecule has 0 spiro atoms. The maximum atomic E-state index is 5.81. The summed E-state index contributed by atoms with van der Waals surface area (Å²) in [6.07, 6.45) is 9.21. The average Bonchev–Trinajstić information content (AvgIpc) is 2.50. The van der Waals surface area contributed by atoms with E-state index < -0.39 is 0 Å². The van der Waals surface area contributed by atoms with Crippen molar-refractivity contribution in [3.8, 4) is 0 Å². The van der Waals surface area contributed by atoms with Gasteiger partial charge in [0.1, 0.15) is 0 Å². The number of aliphatic imine (C=N–C) groups is 1. The fourth-order valence-corrected chi connectivity index (χ4v) is 1.77. The molecule has 0 aliphatic rings. The summed E-state index contributed by atoms with van der Waals surface area (Å²) in [5.74, 6) is 0. The summed E-state index contributed by atoms with van der Waals surface area (Å²) < 4.78 is 0. The number of anilines is 1. The number of halogens is 3.